The molecule has 0 aromatic rings. The highest BCUT2D eigenvalue weighted by Gasteiger charge is 2.02. The Morgan fingerprint density at radius 1 is 0.621 bits per heavy atom. The van der Waals surface area contributed by atoms with Crippen LogP contribution in [0.1, 0.15) is 123 Å². The molecular weight excluding hydrogens is 356 g/mol. The molecular formula is C27H48O2. The number of hydrogen-bond acceptors (Lipinski definition) is 2. The lowest BCUT2D eigenvalue weighted by Crippen LogP contribution is -2.05. The Labute approximate surface area is 181 Å². The van der Waals surface area contributed by atoms with Gasteiger partial charge in [-0.2, -0.15) is 0 Å². The molecule has 0 fully saturated rings. The standard InChI is InChI=1S/C27H48O2/c1-3-5-7-9-11-13-14-15-16-18-20-22-24-26-29-27(28)25-23-21-19-17-12-10-8-6-4-2/h6,8,11,13,15-16H,3-5,7,9-10,12,14,17-26H2,1-2H3/b8-6-,13-11-,16-15-. The molecule has 0 unspecified atom stereocenters. The van der Waals surface area contributed by atoms with Gasteiger partial charge in [0.1, 0.15) is 0 Å². The van der Waals surface area contributed by atoms with Crippen molar-refractivity contribution in [2.24, 2.45) is 0 Å². The SMILES string of the molecule is CC/C=C\CCCCCCCC(=O)OCCCCC/C=C\C/C=C\CCCCC. The molecule has 0 atom stereocenters. The Hall–Kier alpha value is -1.31. The number of unbranched alkanes of at least 4 members (excludes halogenated alkanes) is 11. The van der Waals surface area contributed by atoms with Gasteiger partial charge in [0.05, 0.1) is 6.61 Å². The molecule has 2 nitrogen and oxygen atoms in total. The van der Waals surface area contributed by atoms with Gasteiger partial charge in [0.25, 0.3) is 0 Å². The highest BCUT2D eigenvalue weighted by atomic mass is 16.5. The molecule has 0 spiro atoms. The largest absolute Gasteiger partial charge is 0.466 e. The summed E-state index contributed by atoms with van der Waals surface area (Å²) >= 11 is 0. The molecule has 0 heterocycles. The van der Waals surface area contributed by atoms with E-state index in [9.17, 15) is 4.79 Å². The molecule has 0 saturated carbocycles. The Bertz CT molecular complexity index is 420. The third-order valence-electron chi connectivity index (χ3n) is 5.01. The van der Waals surface area contributed by atoms with E-state index in [1.807, 2.05) is 0 Å². The van der Waals surface area contributed by atoms with Gasteiger partial charge in [-0.25, -0.2) is 0 Å². The Morgan fingerprint density at radius 2 is 1.17 bits per heavy atom. The summed E-state index contributed by atoms with van der Waals surface area (Å²) in [5, 5.41) is 0. The van der Waals surface area contributed by atoms with Gasteiger partial charge in [-0.1, -0.05) is 82.4 Å². The molecule has 0 radical (unpaired) electrons. The van der Waals surface area contributed by atoms with Crippen LogP contribution in [0.3, 0.4) is 0 Å². The zero-order valence-electron chi connectivity index (χ0n) is 19.5. The minimum Gasteiger partial charge on any atom is -0.466 e. The Kier molecular flexibility index (Phi) is 23.6. The Morgan fingerprint density at radius 3 is 1.83 bits per heavy atom. The smallest absolute Gasteiger partial charge is 0.305 e. The number of hydrogen-bond donors (Lipinski definition) is 0. The molecule has 0 aromatic heterocycles. The fourth-order valence-corrected chi connectivity index (χ4v) is 3.16. The molecule has 0 N–H and O–H groups in total. The van der Waals surface area contributed by atoms with Crippen LogP contribution in [0.5, 0.6) is 0 Å². The van der Waals surface area contributed by atoms with E-state index < -0.39 is 0 Å². The number of rotatable bonds is 21. The van der Waals surface area contributed by atoms with Crippen LogP contribution in [0.15, 0.2) is 36.5 Å². The maximum absolute atomic E-state index is 11.7. The van der Waals surface area contributed by atoms with Crippen LogP contribution in [-0.2, 0) is 9.53 Å². The zero-order valence-corrected chi connectivity index (χ0v) is 19.5. The quantitative estimate of drug-likeness (QED) is 0.108. The third kappa shape index (κ3) is 24.7. The summed E-state index contributed by atoms with van der Waals surface area (Å²) in [5.41, 5.74) is 0. The summed E-state index contributed by atoms with van der Waals surface area (Å²) in [6, 6.07) is 0. The number of ether oxygens (including phenoxy) is 1. The van der Waals surface area contributed by atoms with E-state index in [0.717, 1.165) is 44.9 Å². The molecule has 0 aliphatic rings. The number of carbonyl (C=O) groups is 1. The van der Waals surface area contributed by atoms with E-state index in [0.29, 0.717) is 13.0 Å². The molecule has 2 heteroatoms. The van der Waals surface area contributed by atoms with Crippen LogP contribution in [0.2, 0.25) is 0 Å². The molecule has 168 valence electrons. The maximum atomic E-state index is 11.7. The summed E-state index contributed by atoms with van der Waals surface area (Å²) in [6.45, 7) is 5.00. The van der Waals surface area contributed by atoms with E-state index in [1.165, 1.54) is 57.8 Å². The fraction of sp³-hybridized carbons (Fsp3) is 0.741. The van der Waals surface area contributed by atoms with E-state index in [-0.39, 0.29) is 5.97 Å². The molecule has 0 rings (SSSR count). The van der Waals surface area contributed by atoms with Crippen molar-refractivity contribution >= 4 is 5.97 Å². The molecule has 29 heavy (non-hydrogen) atoms. The average molecular weight is 405 g/mol. The maximum Gasteiger partial charge on any atom is 0.305 e. The predicted molar refractivity (Wildman–Crippen MR) is 128 cm³/mol. The lowest BCUT2D eigenvalue weighted by Gasteiger charge is -2.04. The summed E-state index contributed by atoms with van der Waals surface area (Å²) in [4.78, 5) is 11.7. The van der Waals surface area contributed by atoms with Crippen LogP contribution >= 0.6 is 0 Å². The first kappa shape index (κ1) is 27.7. The first-order chi connectivity index (χ1) is 14.3. The lowest BCUT2D eigenvalue weighted by molar-refractivity contribution is -0.143. The van der Waals surface area contributed by atoms with E-state index in [4.69, 9.17) is 4.74 Å². The summed E-state index contributed by atoms with van der Waals surface area (Å²) in [7, 11) is 0. The average Bonchev–Trinajstić information content (AvgIpc) is 2.72. The predicted octanol–water partition coefficient (Wildman–Crippen LogP) is 8.87. The molecule has 0 bridgehead atoms. The van der Waals surface area contributed by atoms with Crippen molar-refractivity contribution in [1.29, 1.82) is 0 Å². The van der Waals surface area contributed by atoms with Crippen molar-refractivity contribution in [2.75, 3.05) is 6.61 Å². The summed E-state index contributed by atoms with van der Waals surface area (Å²) < 4.78 is 5.34. The van der Waals surface area contributed by atoms with Gasteiger partial charge in [0.2, 0.25) is 0 Å². The van der Waals surface area contributed by atoms with Crippen molar-refractivity contribution in [2.45, 2.75) is 123 Å². The van der Waals surface area contributed by atoms with Crippen molar-refractivity contribution in [3.63, 3.8) is 0 Å². The molecule has 0 aromatic carbocycles. The minimum absolute atomic E-state index is 0.0125. The fourth-order valence-electron chi connectivity index (χ4n) is 3.16. The second kappa shape index (κ2) is 24.7. The highest BCUT2D eigenvalue weighted by Crippen LogP contribution is 2.09. The number of esters is 1. The first-order valence-electron chi connectivity index (χ1n) is 12.4. The van der Waals surface area contributed by atoms with Gasteiger partial charge < -0.3 is 4.74 Å². The molecule has 0 saturated heterocycles. The van der Waals surface area contributed by atoms with E-state index in [1.54, 1.807) is 0 Å². The van der Waals surface area contributed by atoms with Crippen LogP contribution in [-0.4, -0.2) is 12.6 Å². The first-order valence-corrected chi connectivity index (χ1v) is 12.4. The van der Waals surface area contributed by atoms with Gasteiger partial charge in [0.15, 0.2) is 0 Å². The molecule has 0 amide bonds. The lowest BCUT2D eigenvalue weighted by atomic mass is 10.1. The Balaban J connectivity index is 3.29. The highest BCUT2D eigenvalue weighted by molar-refractivity contribution is 5.69. The van der Waals surface area contributed by atoms with Gasteiger partial charge in [-0.3, -0.25) is 4.79 Å². The van der Waals surface area contributed by atoms with E-state index in [2.05, 4.69) is 50.3 Å². The van der Waals surface area contributed by atoms with E-state index >= 15 is 0 Å². The normalized spacial score (nSPS) is 11.9. The summed E-state index contributed by atoms with van der Waals surface area (Å²) in [5.74, 6) is -0.0125. The zero-order chi connectivity index (χ0) is 21.3. The third-order valence-corrected chi connectivity index (χ3v) is 5.01. The van der Waals surface area contributed by atoms with Crippen LogP contribution in [0.25, 0.3) is 0 Å². The second-order valence-electron chi connectivity index (χ2n) is 7.93. The second-order valence-corrected chi connectivity index (χ2v) is 7.93. The molecule has 0 aliphatic carbocycles. The number of carbonyl (C=O) groups excluding carboxylic acids is 1. The van der Waals surface area contributed by atoms with Crippen LogP contribution in [0.4, 0.5) is 0 Å². The van der Waals surface area contributed by atoms with Crippen molar-refractivity contribution < 1.29 is 9.53 Å². The van der Waals surface area contributed by atoms with Crippen LogP contribution in [0, 0.1) is 0 Å². The van der Waals surface area contributed by atoms with Crippen LogP contribution < -0.4 is 0 Å². The molecule has 0 aliphatic heterocycles. The van der Waals surface area contributed by atoms with Gasteiger partial charge in [-0.05, 0) is 70.6 Å². The van der Waals surface area contributed by atoms with Gasteiger partial charge in [0, 0.05) is 6.42 Å². The topological polar surface area (TPSA) is 26.3 Å². The van der Waals surface area contributed by atoms with Crippen molar-refractivity contribution in [3.05, 3.63) is 36.5 Å². The summed E-state index contributed by atoms with van der Waals surface area (Å²) in [6.07, 6.45) is 33.1. The van der Waals surface area contributed by atoms with Gasteiger partial charge in [-0.15, -0.1) is 0 Å². The van der Waals surface area contributed by atoms with Crippen molar-refractivity contribution in [1.82, 2.24) is 0 Å². The monoisotopic (exact) mass is 404 g/mol. The minimum atomic E-state index is -0.0125. The van der Waals surface area contributed by atoms with Crippen molar-refractivity contribution in [3.8, 4) is 0 Å². The van der Waals surface area contributed by atoms with Gasteiger partial charge >= 0.3 is 5.97 Å². The number of allylic oxidation sites excluding steroid dienone is 6.